The van der Waals surface area contributed by atoms with Crippen LogP contribution in [0.4, 0.5) is 0 Å². The molecule has 2 saturated carbocycles. The highest BCUT2D eigenvalue weighted by Crippen LogP contribution is 2.55. The lowest BCUT2D eigenvalue weighted by atomic mass is 9.53. The summed E-state index contributed by atoms with van der Waals surface area (Å²) < 4.78 is 0. The number of fused-ring (bicyclic) bond motifs is 1. The third-order valence-electron chi connectivity index (χ3n) is 5.28. The summed E-state index contributed by atoms with van der Waals surface area (Å²) in [7, 11) is 0. The van der Waals surface area contributed by atoms with E-state index in [1.165, 1.54) is 6.42 Å². The second kappa shape index (κ2) is 4.24. The number of hydrogen-bond acceptors (Lipinski definition) is 2. The molecular formula is C15H24O2. The topological polar surface area (TPSA) is 37.3 Å². The maximum absolute atomic E-state index is 10.8. The molecule has 0 aromatic carbocycles. The van der Waals surface area contributed by atoms with Crippen molar-refractivity contribution in [3.63, 3.8) is 0 Å². The maximum Gasteiger partial charge on any atom is 0.145 e. The van der Waals surface area contributed by atoms with Crippen LogP contribution in [0.15, 0.2) is 12.2 Å². The lowest BCUT2D eigenvalue weighted by Gasteiger charge is -2.54. The van der Waals surface area contributed by atoms with Crippen molar-refractivity contribution in [2.45, 2.75) is 58.0 Å². The fourth-order valence-electron chi connectivity index (χ4n) is 4.13. The Morgan fingerprint density at radius 2 is 2.06 bits per heavy atom. The SMILES string of the molecule is C=C(C=O)C1CCC2(C)CCCC(C)(O)C2C1. The first-order valence-corrected chi connectivity index (χ1v) is 6.75. The molecule has 0 saturated heterocycles. The molecule has 2 fully saturated rings. The summed E-state index contributed by atoms with van der Waals surface area (Å²) in [6.45, 7) is 8.14. The molecular weight excluding hydrogens is 212 g/mol. The summed E-state index contributed by atoms with van der Waals surface area (Å²) in [5, 5.41) is 10.6. The van der Waals surface area contributed by atoms with Gasteiger partial charge in [-0.15, -0.1) is 0 Å². The summed E-state index contributed by atoms with van der Waals surface area (Å²) in [5.74, 6) is 0.606. The molecule has 0 aromatic heterocycles. The summed E-state index contributed by atoms with van der Waals surface area (Å²) in [6.07, 6.45) is 7.23. The number of allylic oxidation sites excluding steroid dienone is 1. The Labute approximate surface area is 104 Å². The molecule has 2 nitrogen and oxygen atoms in total. The normalized spacial score (nSPS) is 46.1. The summed E-state index contributed by atoms with van der Waals surface area (Å²) in [5.41, 5.74) is 0.421. The van der Waals surface area contributed by atoms with Gasteiger partial charge < -0.3 is 5.11 Å². The smallest absolute Gasteiger partial charge is 0.145 e. The first-order chi connectivity index (χ1) is 7.89. The molecule has 0 aromatic rings. The zero-order valence-corrected chi connectivity index (χ0v) is 11.0. The molecule has 2 heteroatoms. The van der Waals surface area contributed by atoms with Crippen LogP contribution in [0.25, 0.3) is 0 Å². The van der Waals surface area contributed by atoms with Crippen molar-refractivity contribution in [1.82, 2.24) is 0 Å². The number of aldehydes is 1. The largest absolute Gasteiger partial charge is 0.390 e. The van der Waals surface area contributed by atoms with E-state index < -0.39 is 5.60 Å². The molecule has 2 aliphatic carbocycles. The van der Waals surface area contributed by atoms with Crippen LogP contribution in [0, 0.1) is 17.3 Å². The van der Waals surface area contributed by atoms with Crippen LogP contribution in [0.1, 0.15) is 52.4 Å². The quantitative estimate of drug-likeness (QED) is 0.591. The minimum Gasteiger partial charge on any atom is -0.390 e. The minimum absolute atomic E-state index is 0.265. The van der Waals surface area contributed by atoms with Gasteiger partial charge >= 0.3 is 0 Å². The Kier molecular flexibility index (Phi) is 3.19. The molecule has 0 heterocycles. The fraction of sp³-hybridized carbons (Fsp3) is 0.800. The first-order valence-electron chi connectivity index (χ1n) is 6.75. The summed E-state index contributed by atoms with van der Waals surface area (Å²) in [6, 6.07) is 0. The van der Waals surface area contributed by atoms with E-state index in [4.69, 9.17) is 0 Å². The van der Waals surface area contributed by atoms with Gasteiger partial charge in [0.15, 0.2) is 0 Å². The van der Waals surface area contributed by atoms with Crippen LogP contribution in [0.2, 0.25) is 0 Å². The second-order valence-electron chi connectivity index (χ2n) is 6.58. The zero-order chi connectivity index (χ0) is 12.7. The lowest BCUT2D eigenvalue weighted by molar-refractivity contribution is -0.122. The Hall–Kier alpha value is -0.630. The average molecular weight is 236 g/mol. The number of aliphatic hydroxyl groups is 1. The maximum atomic E-state index is 10.8. The second-order valence-corrected chi connectivity index (χ2v) is 6.58. The van der Waals surface area contributed by atoms with E-state index in [0.29, 0.717) is 11.5 Å². The predicted octanol–water partition coefficient (Wildman–Crippen LogP) is 3.10. The minimum atomic E-state index is -0.561. The van der Waals surface area contributed by atoms with Crippen molar-refractivity contribution in [3.05, 3.63) is 12.2 Å². The van der Waals surface area contributed by atoms with E-state index in [1.54, 1.807) is 0 Å². The molecule has 0 spiro atoms. The monoisotopic (exact) mass is 236 g/mol. The van der Waals surface area contributed by atoms with Crippen LogP contribution < -0.4 is 0 Å². The Balaban J connectivity index is 2.20. The molecule has 4 atom stereocenters. The van der Waals surface area contributed by atoms with Gasteiger partial charge in [-0.05, 0) is 61.9 Å². The molecule has 96 valence electrons. The molecule has 0 aliphatic heterocycles. The van der Waals surface area contributed by atoms with Gasteiger partial charge in [-0.2, -0.15) is 0 Å². The lowest BCUT2D eigenvalue weighted by Crippen LogP contribution is -2.51. The number of carbonyl (C=O) groups excluding carboxylic acids is 1. The Morgan fingerprint density at radius 1 is 1.35 bits per heavy atom. The van der Waals surface area contributed by atoms with Crippen LogP contribution in [0.3, 0.4) is 0 Å². The van der Waals surface area contributed by atoms with Crippen LogP contribution >= 0.6 is 0 Å². The molecule has 2 aliphatic rings. The zero-order valence-electron chi connectivity index (χ0n) is 11.0. The van der Waals surface area contributed by atoms with Gasteiger partial charge in [0.25, 0.3) is 0 Å². The standard InChI is InChI=1S/C15H24O2/c1-11(10-16)12-5-8-14(2)6-4-7-15(3,17)13(14)9-12/h10,12-13,17H,1,4-9H2,2-3H3. The van der Waals surface area contributed by atoms with Crippen LogP contribution in [0.5, 0.6) is 0 Å². The summed E-state index contributed by atoms with van der Waals surface area (Å²) in [4.78, 5) is 10.8. The van der Waals surface area contributed by atoms with Crippen molar-refractivity contribution < 1.29 is 9.90 Å². The number of rotatable bonds is 2. The third-order valence-corrected chi connectivity index (χ3v) is 5.28. The van der Waals surface area contributed by atoms with Gasteiger partial charge in [-0.3, -0.25) is 4.79 Å². The van der Waals surface area contributed by atoms with Crippen molar-refractivity contribution >= 4 is 6.29 Å². The predicted molar refractivity (Wildman–Crippen MR) is 68.6 cm³/mol. The van der Waals surface area contributed by atoms with Gasteiger partial charge in [0.2, 0.25) is 0 Å². The van der Waals surface area contributed by atoms with E-state index in [-0.39, 0.29) is 11.3 Å². The van der Waals surface area contributed by atoms with E-state index in [0.717, 1.165) is 38.4 Å². The van der Waals surface area contributed by atoms with Crippen molar-refractivity contribution in [2.75, 3.05) is 0 Å². The fourth-order valence-corrected chi connectivity index (χ4v) is 4.13. The average Bonchev–Trinajstić information content (AvgIpc) is 2.27. The molecule has 0 bridgehead atoms. The van der Waals surface area contributed by atoms with E-state index in [1.807, 2.05) is 6.92 Å². The van der Waals surface area contributed by atoms with E-state index in [9.17, 15) is 9.90 Å². The van der Waals surface area contributed by atoms with Crippen molar-refractivity contribution in [1.29, 1.82) is 0 Å². The van der Waals surface area contributed by atoms with Crippen LogP contribution in [-0.2, 0) is 4.79 Å². The number of carbonyl (C=O) groups is 1. The van der Waals surface area contributed by atoms with Gasteiger partial charge in [-0.1, -0.05) is 19.9 Å². The molecule has 0 amide bonds. The Bertz CT molecular complexity index is 332. The van der Waals surface area contributed by atoms with Gasteiger partial charge in [-0.25, -0.2) is 0 Å². The summed E-state index contributed by atoms with van der Waals surface area (Å²) >= 11 is 0. The highest BCUT2D eigenvalue weighted by atomic mass is 16.3. The van der Waals surface area contributed by atoms with Gasteiger partial charge in [0.1, 0.15) is 6.29 Å². The van der Waals surface area contributed by atoms with E-state index in [2.05, 4.69) is 13.5 Å². The molecule has 0 radical (unpaired) electrons. The third kappa shape index (κ3) is 2.20. The molecule has 2 rings (SSSR count). The molecule has 17 heavy (non-hydrogen) atoms. The first kappa shape index (κ1) is 12.8. The van der Waals surface area contributed by atoms with Crippen molar-refractivity contribution in [3.8, 4) is 0 Å². The highest BCUT2D eigenvalue weighted by molar-refractivity contribution is 5.72. The van der Waals surface area contributed by atoms with E-state index >= 15 is 0 Å². The van der Waals surface area contributed by atoms with Crippen LogP contribution in [-0.4, -0.2) is 17.0 Å². The van der Waals surface area contributed by atoms with Gasteiger partial charge in [0, 0.05) is 0 Å². The molecule has 1 N–H and O–H groups in total. The van der Waals surface area contributed by atoms with Gasteiger partial charge in [0.05, 0.1) is 5.60 Å². The highest BCUT2D eigenvalue weighted by Gasteiger charge is 2.50. The Morgan fingerprint density at radius 3 is 2.71 bits per heavy atom. The molecule has 4 unspecified atom stereocenters. The van der Waals surface area contributed by atoms with Crippen molar-refractivity contribution in [2.24, 2.45) is 17.3 Å². The number of hydrogen-bond donors (Lipinski definition) is 1.